The number of unbranched alkanes of at least 4 members (excludes halogenated alkanes) is 4. The van der Waals surface area contributed by atoms with E-state index in [2.05, 4.69) is 6.92 Å². The number of nitrogens with two attached hydrogens (primary N) is 1. The molecule has 1 heterocycles. The number of rotatable bonds is 8. The predicted octanol–water partition coefficient (Wildman–Crippen LogP) is 1.80. The Balaban J connectivity index is 2.56. The lowest BCUT2D eigenvalue weighted by Crippen LogP contribution is -2.59. The molecule has 1 atom stereocenters. The summed E-state index contributed by atoms with van der Waals surface area (Å²) < 4.78 is 4.79. The summed E-state index contributed by atoms with van der Waals surface area (Å²) in [5.41, 5.74) is -1.22. The van der Waals surface area contributed by atoms with Crippen molar-refractivity contribution >= 4 is 11.8 Å². The summed E-state index contributed by atoms with van der Waals surface area (Å²) in [4.78, 5) is 24.3. The molecule has 1 rings (SSSR count). The first-order chi connectivity index (χ1) is 9.09. The maximum absolute atomic E-state index is 12.4. The van der Waals surface area contributed by atoms with Crippen LogP contribution in [-0.4, -0.2) is 36.0 Å². The summed E-state index contributed by atoms with van der Waals surface area (Å²) in [6.45, 7) is 2.72. The number of hydrogen-bond donors (Lipinski definition) is 1. The number of hydrazine groups is 1. The molecule has 0 radical (unpaired) electrons. The van der Waals surface area contributed by atoms with Gasteiger partial charge in [-0.25, -0.2) is 9.80 Å². The Morgan fingerprint density at radius 2 is 1.95 bits per heavy atom. The normalized spacial score (nSPS) is 23.5. The van der Waals surface area contributed by atoms with E-state index in [-0.39, 0.29) is 5.78 Å². The van der Waals surface area contributed by atoms with Crippen LogP contribution in [0.15, 0.2) is 0 Å². The first kappa shape index (κ1) is 16.1. The van der Waals surface area contributed by atoms with E-state index in [0.29, 0.717) is 19.4 Å². The van der Waals surface area contributed by atoms with Gasteiger partial charge in [0.1, 0.15) is 0 Å². The molecule has 0 saturated carbocycles. The summed E-state index contributed by atoms with van der Waals surface area (Å²) in [6, 6.07) is 0. The number of methoxy groups -OCH3 is 1. The van der Waals surface area contributed by atoms with Crippen LogP contribution in [0.1, 0.15) is 58.3 Å². The van der Waals surface area contributed by atoms with Crippen molar-refractivity contribution in [3.8, 4) is 0 Å². The zero-order valence-electron chi connectivity index (χ0n) is 12.1. The van der Waals surface area contributed by atoms with Crippen molar-refractivity contribution in [2.45, 2.75) is 63.8 Å². The highest BCUT2D eigenvalue weighted by Crippen LogP contribution is 2.30. The number of carbonyl (C=O) groups excluding carboxylic acids is 2. The second kappa shape index (κ2) is 7.60. The van der Waals surface area contributed by atoms with Crippen molar-refractivity contribution in [1.29, 1.82) is 0 Å². The molecule has 110 valence electrons. The van der Waals surface area contributed by atoms with Crippen molar-refractivity contribution in [3.63, 3.8) is 0 Å². The van der Waals surface area contributed by atoms with Gasteiger partial charge in [0.05, 0.1) is 7.11 Å². The van der Waals surface area contributed by atoms with E-state index in [1.165, 1.54) is 25.0 Å². The molecule has 0 amide bonds. The molecule has 0 aromatic heterocycles. The van der Waals surface area contributed by atoms with Crippen LogP contribution in [0.4, 0.5) is 0 Å². The van der Waals surface area contributed by atoms with Crippen molar-refractivity contribution in [3.05, 3.63) is 0 Å². The number of ether oxygens (including phenoxy) is 1. The van der Waals surface area contributed by atoms with Gasteiger partial charge < -0.3 is 4.74 Å². The molecule has 0 aliphatic carbocycles. The van der Waals surface area contributed by atoms with Gasteiger partial charge in [0.2, 0.25) is 0 Å². The van der Waals surface area contributed by atoms with Gasteiger partial charge in [-0.05, 0) is 19.3 Å². The van der Waals surface area contributed by atoms with Crippen LogP contribution in [0.25, 0.3) is 0 Å². The Labute approximate surface area is 115 Å². The van der Waals surface area contributed by atoms with Crippen molar-refractivity contribution in [2.24, 2.45) is 5.84 Å². The van der Waals surface area contributed by atoms with Crippen molar-refractivity contribution in [1.82, 2.24) is 5.01 Å². The highest BCUT2D eigenvalue weighted by molar-refractivity contribution is 6.08. The topological polar surface area (TPSA) is 72.6 Å². The number of esters is 1. The fourth-order valence-electron chi connectivity index (χ4n) is 2.74. The molecule has 5 nitrogen and oxygen atoms in total. The summed E-state index contributed by atoms with van der Waals surface area (Å²) in [5.74, 6) is 5.26. The lowest BCUT2D eigenvalue weighted by atomic mass is 9.88. The van der Waals surface area contributed by atoms with Crippen molar-refractivity contribution in [2.75, 3.05) is 13.7 Å². The molecule has 0 aromatic rings. The van der Waals surface area contributed by atoms with Gasteiger partial charge in [-0.3, -0.25) is 10.6 Å². The second-order valence-corrected chi connectivity index (χ2v) is 5.24. The monoisotopic (exact) mass is 270 g/mol. The molecule has 1 unspecified atom stereocenters. The minimum Gasteiger partial charge on any atom is -0.467 e. The molecule has 0 aromatic carbocycles. The van der Waals surface area contributed by atoms with Crippen LogP contribution >= 0.6 is 0 Å². The fraction of sp³-hybridized carbons (Fsp3) is 0.857. The summed E-state index contributed by atoms with van der Waals surface area (Å²) in [5, 5.41) is 1.37. The number of Topliss-reactive ketones (excluding diaryl/α,β-unsaturated/α-hetero) is 1. The first-order valence-corrected chi connectivity index (χ1v) is 7.23. The van der Waals surface area contributed by atoms with E-state index in [0.717, 1.165) is 25.7 Å². The molecule has 5 heteroatoms. The number of hydrogen-bond acceptors (Lipinski definition) is 5. The van der Waals surface area contributed by atoms with Crippen LogP contribution < -0.4 is 5.84 Å². The standard InChI is InChI=1S/C14H26N2O3/c1-3-4-5-6-7-9-12(17)14(13(18)19-2)10-8-11-16(14)15/h3-11,15H2,1-2H3. The Morgan fingerprint density at radius 3 is 2.47 bits per heavy atom. The first-order valence-electron chi connectivity index (χ1n) is 7.23. The van der Waals surface area contributed by atoms with Crippen LogP contribution in [0.3, 0.4) is 0 Å². The third kappa shape index (κ3) is 3.54. The molecule has 1 fully saturated rings. The average Bonchev–Trinajstić information content (AvgIpc) is 2.80. The molecule has 0 bridgehead atoms. The molecule has 1 aliphatic heterocycles. The van der Waals surface area contributed by atoms with Gasteiger partial charge in [0.25, 0.3) is 0 Å². The van der Waals surface area contributed by atoms with Crippen LogP contribution in [0.2, 0.25) is 0 Å². The highest BCUT2D eigenvalue weighted by Gasteiger charge is 2.52. The summed E-state index contributed by atoms with van der Waals surface area (Å²) in [7, 11) is 1.31. The molecular weight excluding hydrogens is 244 g/mol. The second-order valence-electron chi connectivity index (χ2n) is 5.24. The van der Waals surface area contributed by atoms with Gasteiger partial charge in [-0.15, -0.1) is 0 Å². The van der Waals surface area contributed by atoms with Gasteiger partial charge in [0.15, 0.2) is 11.3 Å². The van der Waals surface area contributed by atoms with Gasteiger partial charge in [0, 0.05) is 13.0 Å². The average molecular weight is 270 g/mol. The van der Waals surface area contributed by atoms with E-state index in [4.69, 9.17) is 10.6 Å². The number of nitrogens with zero attached hydrogens (tertiary/aromatic N) is 1. The quantitative estimate of drug-likeness (QED) is 0.315. The Bertz CT molecular complexity index is 320. The fourth-order valence-corrected chi connectivity index (χ4v) is 2.74. The van der Waals surface area contributed by atoms with Gasteiger partial charge in [-0.2, -0.15) is 0 Å². The Morgan fingerprint density at radius 1 is 1.26 bits per heavy atom. The molecule has 19 heavy (non-hydrogen) atoms. The van der Waals surface area contributed by atoms with Crippen molar-refractivity contribution < 1.29 is 14.3 Å². The summed E-state index contributed by atoms with van der Waals surface area (Å²) in [6.07, 6.45) is 7.01. The van der Waals surface area contributed by atoms with E-state index >= 15 is 0 Å². The van der Waals surface area contributed by atoms with Gasteiger partial charge in [-0.1, -0.05) is 32.6 Å². The van der Waals surface area contributed by atoms with Crippen LogP contribution in [0, 0.1) is 0 Å². The van der Waals surface area contributed by atoms with E-state index in [1.807, 2.05) is 0 Å². The largest absolute Gasteiger partial charge is 0.467 e. The van der Waals surface area contributed by atoms with E-state index in [1.54, 1.807) is 0 Å². The zero-order valence-corrected chi connectivity index (χ0v) is 12.1. The Hall–Kier alpha value is -0.940. The SMILES string of the molecule is CCCCCCCC(=O)C1(C(=O)OC)CCCN1N. The summed E-state index contributed by atoms with van der Waals surface area (Å²) >= 11 is 0. The third-order valence-electron chi connectivity index (χ3n) is 3.92. The molecule has 1 aliphatic rings. The lowest BCUT2D eigenvalue weighted by molar-refractivity contribution is -0.159. The van der Waals surface area contributed by atoms with E-state index < -0.39 is 11.5 Å². The Kier molecular flexibility index (Phi) is 6.45. The zero-order chi connectivity index (χ0) is 14.3. The minimum atomic E-state index is -1.22. The van der Waals surface area contributed by atoms with Crippen LogP contribution in [0.5, 0.6) is 0 Å². The molecular formula is C14H26N2O3. The molecule has 1 saturated heterocycles. The minimum absolute atomic E-state index is 0.0872. The maximum atomic E-state index is 12.4. The number of carbonyl (C=O) groups is 2. The predicted molar refractivity (Wildman–Crippen MR) is 73.3 cm³/mol. The lowest BCUT2D eigenvalue weighted by Gasteiger charge is -2.31. The molecule has 2 N–H and O–H groups in total. The van der Waals surface area contributed by atoms with Crippen LogP contribution in [-0.2, 0) is 14.3 Å². The smallest absolute Gasteiger partial charge is 0.335 e. The number of ketones is 1. The molecule has 0 spiro atoms. The van der Waals surface area contributed by atoms with Gasteiger partial charge >= 0.3 is 5.97 Å². The maximum Gasteiger partial charge on any atom is 0.335 e. The third-order valence-corrected chi connectivity index (χ3v) is 3.92. The van der Waals surface area contributed by atoms with E-state index in [9.17, 15) is 9.59 Å². The highest BCUT2D eigenvalue weighted by atomic mass is 16.5.